The molecule has 0 unspecified atom stereocenters. The summed E-state index contributed by atoms with van der Waals surface area (Å²) in [5, 5.41) is 9.74. The fraction of sp³-hybridized carbons (Fsp3) is 0.382. The van der Waals surface area contributed by atoms with E-state index in [-0.39, 0.29) is 37.4 Å². The zero-order valence-corrected chi connectivity index (χ0v) is 30.6. The summed E-state index contributed by atoms with van der Waals surface area (Å²) in [6.45, 7) is 0.645. The Morgan fingerprint density at radius 2 is 1.53 bits per heavy atom. The Morgan fingerprint density at radius 1 is 0.878 bits per heavy atom. The lowest BCUT2D eigenvalue weighted by atomic mass is 10.2. The highest BCUT2D eigenvalue weighted by Crippen LogP contribution is 2.35. The predicted octanol–water partition coefficient (Wildman–Crippen LogP) is 6.36. The number of benzene rings is 3. The van der Waals surface area contributed by atoms with Crippen LogP contribution in [0.5, 0.6) is 11.5 Å². The topological polar surface area (TPSA) is 93.9 Å². The number of sulfonamides is 1. The Kier molecular flexibility index (Phi) is 13.5. The van der Waals surface area contributed by atoms with Gasteiger partial charge in [-0.25, -0.2) is 26.6 Å². The van der Waals surface area contributed by atoms with Crippen LogP contribution in [0.4, 0.5) is 13.2 Å². The molecule has 266 valence electrons. The van der Waals surface area contributed by atoms with E-state index in [9.17, 15) is 17.9 Å². The van der Waals surface area contributed by atoms with Gasteiger partial charge >= 0.3 is 0 Å². The number of hydrogen-bond acceptors (Lipinski definition) is 8. The molecule has 0 saturated heterocycles. The lowest BCUT2D eigenvalue weighted by molar-refractivity contribution is -0.870. The molecular weight excluding hydrogens is 698 g/mol. The van der Waals surface area contributed by atoms with Gasteiger partial charge in [0.25, 0.3) is 0 Å². The molecule has 1 heterocycles. The summed E-state index contributed by atoms with van der Waals surface area (Å²) in [6, 6.07) is 13.1. The van der Waals surface area contributed by atoms with E-state index in [4.69, 9.17) is 9.47 Å². The van der Waals surface area contributed by atoms with Crippen molar-refractivity contribution in [3.8, 4) is 17.2 Å². The van der Waals surface area contributed by atoms with Gasteiger partial charge in [0.15, 0.2) is 16.7 Å². The molecule has 1 N–H and O–H groups in total. The summed E-state index contributed by atoms with van der Waals surface area (Å²) < 4.78 is 86.1. The minimum Gasteiger partial charge on any atom is -0.493 e. The normalized spacial score (nSPS) is 12.1. The number of aliphatic hydroxyl groups is 1. The summed E-state index contributed by atoms with van der Waals surface area (Å²) in [5.41, 5.74) is 1.07. The maximum Gasteiger partial charge on any atom is 0.243 e. The molecule has 49 heavy (non-hydrogen) atoms. The van der Waals surface area contributed by atoms with Gasteiger partial charge in [0.05, 0.1) is 58.7 Å². The first-order valence-corrected chi connectivity index (χ1v) is 18.9. The number of nitrogens with zero attached hydrogens (tertiary/aromatic N) is 4. The van der Waals surface area contributed by atoms with E-state index in [1.165, 1.54) is 28.2 Å². The average Bonchev–Trinajstić information content (AvgIpc) is 3.46. The minimum atomic E-state index is -4.24. The number of hydrogen-bond donors (Lipinski definition) is 1. The Hall–Kier alpha value is -3.21. The number of aromatic nitrogens is 2. The van der Waals surface area contributed by atoms with Gasteiger partial charge in [-0.3, -0.25) is 4.57 Å². The van der Waals surface area contributed by atoms with Crippen LogP contribution in [0.1, 0.15) is 24.1 Å². The van der Waals surface area contributed by atoms with Crippen molar-refractivity contribution < 1.29 is 40.7 Å². The van der Waals surface area contributed by atoms with E-state index < -0.39 is 32.4 Å². The molecule has 15 heteroatoms. The fourth-order valence-corrected chi connectivity index (χ4v) is 8.42. The molecule has 0 aliphatic rings. The number of quaternary nitrogens is 1. The smallest absolute Gasteiger partial charge is 0.243 e. The van der Waals surface area contributed by atoms with Crippen molar-refractivity contribution in [1.29, 1.82) is 0 Å². The number of ether oxygens (including phenoxy) is 2. The van der Waals surface area contributed by atoms with Gasteiger partial charge in [-0.1, -0.05) is 11.8 Å². The quantitative estimate of drug-likeness (QED) is 0.0932. The second kappa shape index (κ2) is 17.1. The van der Waals surface area contributed by atoms with Gasteiger partial charge < -0.3 is 19.1 Å². The van der Waals surface area contributed by atoms with Crippen LogP contribution < -0.4 is 9.47 Å². The molecule has 0 radical (unpaired) electrons. The number of thioether (sulfide) groups is 2. The van der Waals surface area contributed by atoms with Crippen molar-refractivity contribution in [2.45, 2.75) is 39.3 Å². The lowest BCUT2D eigenvalue weighted by Crippen LogP contribution is -2.39. The van der Waals surface area contributed by atoms with Crippen molar-refractivity contribution in [3.05, 3.63) is 89.5 Å². The average molecular weight is 740 g/mol. The standard InChI is InChI=1S/C34H42F3N4O5S3/c1-41(2,3)16-6-14-39(15-7-17-42)49(43,44)28-19-30(36)29(31(37)20-28)23-48-34-38-21-26(40(34)25-10-8-24(35)9-11-25)22-47-27-12-13-32(45-4)33(18-27)46-5/h8-13,18-21,42H,6-7,14-17,22-23H2,1-5H3/q+1. The molecule has 0 aliphatic carbocycles. The van der Waals surface area contributed by atoms with Crippen LogP contribution in [0.15, 0.2) is 75.7 Å². The first-order valence-electron chi connectivity index (χ1n) is 15.5. The minimum absolute atomic E-state index is 0.0233. The summed E-state index contributed by atoms with van der Waals surface area (Å²) in [5.74, 6) is -0.958. The van der Waals surface area contributed by atoms with Crippen molar-refractivity contribution in [1.82, 2.24) is 13.9 Å². The zero-order chi connectivity index (χ0) is 35.8. The van der Waals surface area contributed by atoms with Crippen molar-refractivity contribution in [3.63, 3.8) is 0 Å². The second-order valence-electron chi connectivity index (χ2n) is 12.2. The van der Waals surface area contributed by atoms with Crippen LogP contribution in [-0.4, -0.2) is 93.5 Å². The molecule has 4 aromatic rings. The van der Waals surface area contributed by atoms with Crippen molar-refractivity contribution in [2.75, 3.05) is 61.6 Å². The van der Waals surface area contributed by atoms with E-state index >= 15 is 8.78 Å². The third-order valence-electron chi connectivity index (χ3n) is 7.53. The first kappa shape index (κ1) is 38.6. The van der Waals surface area contributed by atoms with Crippen LogP contribution in [0.3, 0.4) is 0 Å². The van der Waals surface area contributed by atoms with E-state index in [0.717, 1.165) is 34.5 Å². The molecular formula is C34H42F3N4O5S3+. The molecule has 0 atom stereocenters. The van der Waals surface area contributed by atoms with Crippen LogP contribution in [0.25, 0.3) is 5.69 Å². The van der Waals surface area contributed by atoms with Crippen LogP contribution >= 0.6 is 23.5 Å². The van der Waals surface area contributed by atoms with Crippen molar-refractivity contribution >= 4 is 33.5 Å². The van der Waals surface area contributed by atoms with Crippen LogP contribution in [0.2, 0.25) is 0 Å². The maximum absolute atomic E-state index is 15.5. The first-order chi connectivity index (χ1) is 23.3. The summed E-state index contributed by atoms with van der Waals surface area (Å²) in [6.07, 6.45) is 2.38. The summed E-state index contributed by atoms with van der Waals surface area (Å²) >= 11 is 2.58. The SMILES string of the molecule is COc1ccc(SCc2cnc(SCc3c(F)cc(S(=O)(=O)N(CCCO)CCC[N+](C)(C)C)cc3F)n2-c2ccc(F)cc2)cc1OC. The van der Waals surface area contributed by atoms with E-state index in [1.807, 2.05) is 33.3 Å². The predicted molar refractivity (Wildman–Crippen MR) is 187 cm³/mol. The van der Waals surface area contributed by atoms with E-state index in [2.05, 4.69) is 4.98 Å². The van der Waals surface area contributed by atoms with Crippen molar-refractivity contribution in [2.24, 2.45) is 0 Å². The third-order valence-corrected chi connectivity index (χ3v) is 11.4. The van der Waals surface area contributed by atoms with Gasteiger partial charge in [-0.2, -0.15) is 4.31 Å². The molecule has 0 saturated carbocycles. The van der Waals surface area contributed by atoms with Gasteiger partial charge in [0.1, 0.15) is 17.5 Å². The summed E-state index contributed by atoms with van der Waals surface area (Å²) in [4.78, 5) is 4.94. The number of halogens is 3. The largest absolute Gasteiger partial charge is 0.493 e. The fourth-order valence-electron chi connectivity index (χ4n) is 4.97. The monoisotopic (exact) mass is 739 g/mol. The Labute approximate surface area is 294 Å². The lowest BCUT2D eigenvalue weighted by Gasteiger charge is -2.27. The van der Waals surface area contributed by atoms with Gasteiger partial charge in [0.2, 0.25) is 10.0 Å². The highest BCUT2D eigenvalue weighted by molar-refractivity contribution is 7.98. The molecule has 3 aromatic carbocycles. The maximum atomic E-state index is 15.5. The van der Waals surface area contributed by atoms with Gasteiger partial charge in [0, 0.05) is 53.8 Å². The Bertz CT molecular complexity index is 1790. The molecule has 1 aromatic heterocycles. The molecule has 0 amide bonds. The highest BCUT2D eigenvalue weighted by Gasteiger charge is 2.27. The highest BCUT2D eigenvalue weighted by atomic mass is 32.2. The van der Waals surface area contributed by atoms with E-state index in [1.54, 1.807) is 43.2 Å². The summed E-state index contributed by atoms with van der Waals surface area (Å²) in [7, 11) is 4.84. The van der Waals surface area contributed by atoms with Gasteiger partial charge in [-0.05, 0) is 61.0 Å². The van der Waals surface area contributed by atoms with E-state index in [0.29, 0.717) is 45.5 Å². The number of rotatable bonds is 18. The Balaban J connectivity index is 1.57. The van der Waals surface area contributed by atoms with Gasteiger partial charge in [-0.15, -0.1) is 11.8 Å². The molecule has 0 fully saturated rings. The zero-order valence-electron chi connectivity index (χ0n) is 28.2. The molecule has 9 nitrogen and oxygen atoms in total. The number of methoxy groups -OCH3 is 2. The molecule has 0 bridgehead atoms. The van der Waals surface area contributed by atoms with Crippen LogP contribution in [-0.2, 0) is 21.5 Å². The third kappa shape index (κ3) is 10.2. The Morgan fingerprint density at radius 3 is 2.14 bits per heavy atom. The van der Waals surface area contributed by atoms with Crippen LogP contribution in [0, 0.1) is 17.5 Å². The molecule has 0 spiro atoms. The second-order valence-corrected chi connectivity index (χ2v) is 16.1. The number of aliphatic hydroxyl groups excluding tert-OH is 1. The molecule has 4 rings (SSSR count). The molecule has 0 aliphatic heterocycles. The number of imidazole rings is 1.